The van der Waals surface area contributed by atoms with Crippen molar-refractivity contribution in [1.29, 1.82) is 0 Å². The summed E-state index contributed by atoms with van der Waals surface area (Å²) in [5.41, 5.74) is 1.81. The average Bonchev–Trinajstić information content (AvgIpc) is 3.20. The van der Waals surface area contributed by atoms with Gasteiger partial charge in [-0.2, -0.15) is 4.68 Å². The Balaban J connectivity index is 1.41. The zero-order chi connectivity index (χ0) is 18.6. The first-order valence-electron chi connectivity index (χ1n) is 8.64. The molecule has 1 N–H and O–H groups in total. The summed E-state index contributed by atoms with van der Waals surface area (Å²) in [5, 5.41) is 14.6. The van der Waals surface area contributed by atoms with Crippen LogP contribution in [-0.4, -0.2) is 39.8 Å². The number of amides is 1. The summed E-state index contributed by atoms with van der Waals surface area (Å²) in [6.07, 6.45) is 0.599. The van der Waals surface area contributed by atoms with Crippen molar-refractivity contribution < 1.29 is 14.3 Å². The first-order valence-corrected chi connectivity index (χ1v) is 8.64. The first-order chi connectivity index (χ1) is 13.2. The quantitative estimate of drug-likeness (QED) is 0.737. The number of tetrazole rings is 1. The summed E-state index contributed by atoms with van der Waals surface area (Å²) in [6, 6.07) is 15.2. The van der Waals surface area contributed by atoms with Crippen molar-refractivity contribution in [3.63, 3.8) is 0 Å². The molecule has 0 fully saturated rings. The van der Waals surface area contributed by atoms with Crippen LogP contribution in [0.15, 0.2) is 48.5 Å². The number of para-hydroxylation sites is 1. The fourth-order valence-electron chi connectivity index (χ4n) is 3.06. The van der Waals surface area contributed by atoms with E-state index >= 15 is 0 Å². The third kappa shape index (κ3) is 3.59. The molecule has 1 amide bonds. The number of carbonyl (C=O) groups excluding carboxylic acids is 1. The molecule has 3 aromatic rings. The van der Waals surface area contributed by atoms with E-state index in [-0.39, 0.29) is 18.4 Å². The Hall–Kier alpha value is -3.42. The van der Waals surface area contributed by atoms with Crippen molar-refractivity contribution in [1.82, 2.24) is 25.5 Å². The van der Waals surface area contributed by atoms with Gasteiger partial charge in [0.25, 0.3) is 0 Å². The van der Waals surface area contributed by atoms with Gasteiger partial charge in [0.15, 0.2) is 5.82 Å². The average molecular weight is 365 g/mol. The van der Waals surface area contributed by atoms with Crippen LogP contribution in [0.5, 0.6) is 11.5 Å². The topological polar surface area (TPSA) is 91.2 Å². The van der Waals surface area contributed by atoms with Gasteiger partial charge in [0.1, 0.15) is 18.1 Å². The molecule has 138 valence electrons. The lowest BCUT2D eigenvalue weighted by Crippen LogP contribution is -2.37. The monoisotopic (exact) mass is 365 g/mol. The largest absolute Gasteiger partial charge is 0.497 e. The summed E-state index contributed by atoms with van der Waals surface area (Å²) in [6.45, 7) is 0.580. The number of hydrogen-bond acceptors (Lipinski definition) is 6. The molecule has 0 bridgehead atoms. The van der Waals surface area contributed by atoms with E-state index in [1.165, 1.54) is 0 Å². The van der Waals surface area contributed by atoms with Crippen molar-refractivity contribution in [3.8, 4) is 17.2 Å². The number of rotatable bonds is 5. The second kappa shape index (κ2) is 7.45. The second-order valence-corrected chi connectivity index (χ2v) is 6.25. The zero-order valence-electron chi connectivity index (χ0n) is 14.8. The van der Waals surface area contributed by atoms with Gasteiger partial charge in [-0.25, -0.2) is 0 Å². The minimum absolute atomic E-state index is 0.0916. The molecule has 1 aromatic heterocycles. The highest BCUT2D eigenvalue weighted by molar-refractivity contribution is 5.79. The third-order valence-corrected chi connectivity index (χ3v) is 4.50. The number of nitrogens with zero attached hydrogens (tertiary/aromatic N) is 4. The minimum Gasteiger partial charge on any atom is -0.497 e. The Morgan fingerprint density at radius 3 is 2.96 bits per heavy atom. The first kappa shape index (κ1) is 17.0. The van der Waals surface area contributed by atoms with Gasteiger partial charge >= 0.3 is 0 Å². The summed E-state index contributed by atoms with van der Waals surface area (Å²) in [7, 11) is 1.62. The molecule has 0 aliphatic carbocycles. The summed E-state index contributed by atoms with van der Waals surface area (Å²) < 4.78 is 12.6. The van der Waals surface area contributed by atoms with Gasteiger partial charge in [-0.3, -0.25) is 4.79 Å². The van der Waals surface area contributed by atoms with Gasteiger partial charge < -0.3 is 14.8 Å². The summed E-state index contributed by atoms with van der Waals surface area (Å²) >= 11 is 0. The predicted octanol–water partition coefficient (Wildman–Crippen LogP) is 1.54. The van der Waals surface area contributed by atoms with Crippen molar-refractivity contribution in [3.05, 3.63) is 59.9 Å². The van der Waals surface area contributed by atoms with Crippen molar-refractivity contribution >= 4 is 5.91 Å². The van der Waals surface area contributed by atoms with Crippen molar-refractivity contribution in [2.45, 2.75) is 13.0 Å². The summed E-state index contributed by atoms with van der Waals surface area (Å²) in [5.74, 6) is 1.75. The molecule has 8 heteroatoms. The Labute approximate surface area is 156 Å². The zero-order valence-corrected chi connectivity index (χ0v) is 14.8. The van der Waals surface area contributed by atoms with Crippen LogP contribution in [0.1, 0.15) is 11.4 Å². The molecule has 1 aliphatic heterocycles. The number of methoxy groups -OCH3 is 1. The smallest absolute Gasteiger partial charge is 0.227 e. The van der Waals surface area contributed by atoms with Crippen LogP contribution in [0, 0.1) is 5.92 Å². The Kier molecular flexibility index (Phi) is 4.69. The maximum atomic E-state index is 12.6. The molecular weight excluding hydrogens is 346 g/mol. The number of ether oxygens (including phenoxy) is 2. The Bertz CT molecular complexity index is 942. The van der Waals surface area contributed by atoms with Crippen LogP contribution in [0.4, 0.5) is 0 Å². The lowest BCUT2D eigenvalue weighted by Gasteiger charge is -2.24. The van der Waals surface area contributed by atoms with E-state index in [4.69, 9.17) is 9.47 Å². The molecule has 0 saturated heterocycles. The van der Waals surface area contributed by atoms with Gasteiger partial charge in [-0.05, 0) is 52.7 Å². The highest BCUT2D eigenvalue weighted by atomic mass is 16.5. The van der Waals surface area contributed by atoms with Gasteiger partial charge in [0, 0.05) is 0 Å². The van der Waals surface area contributed by atoms with E-state index < -0.39 is 0 Å². The molecule has 1 atom stereocenters. The van der Waals surface area contributed by atoms with Crippen LogP contribution in [0.3, 0.4) is 0 Å². The minimum atomic E-state index is -0.273. The molecular formula is C19H19N5O3. The fraction of sp³-hybridized carbons (Fsp3) is 0.263. The summed E-state index contributed by atoms with van der Waals surface area (Å²) in [4.78, 5) is 12.6. The Morgan fingerprint density at radius 2 is 2.15 bits per heavy atom. The lowest BCUT2D eigenvalue weighted by atomic mass is 9.96. The third-order valence-electron chi connectivity index (χ3n) is 4.50. The number of benzene rings is 2. The fourth-order valence-corrected chi connectivity index (χ4v) is 3.06. The number of nitrogens with one attached hydrogen (secondary N) is 1. The van der Waals surface area contributed by atoms with Crippen LogP contribution in [0.25, 0.3) is 5.69 Å². The van der Waals surface area contributed by atoms with Crippen molar-refractivity contribution in [2.75, 3.05) is 13.7 Å². The van der Waals surface area contributed by atoms with E-state index in [0.717, 1.165) is 22.7 Å². The second-order valence-electron chi connectivity index (χ2n) is 6.25. The molecule has 0 saturated carbocycles. The highest BCUT2D eigenvalue weighted by Crippen LogP contribution is 2.30. The lowest BCUT2D eigenvalue weighted by molar-refractivity contribution is -0.126. The number of aromatic nitrogens is 4. The van der Waals surface area contributed by atoms with Gasteiger partial charge in [-0.1, -0.05) is 18.2 Å². The molecule has 0 spiro atoms. The van der Waals surface area contributed by atoms with E-state index in [0.29, 0.717) is 18.9 Å². The molecule has 4 rings (SSSR count). The van der Waals surface area contributed by atoms with Crippen LogP contribution in [0.2, 0.25) is 0 Å². The normalized spacial score (nSPS) is 15.5. The van der Waals surface area contributed by atoms with Gasteiger partial charge in [0.2, 0.25) is 5.91 Å². The standard InChI is InChI=1S/C19H19N5O3/c1-26-16-7-8-17-13(10-16)9-14(12-27-17)19(25)20-11-18-21-22-23-24(18)15-5-3-2-4-6-15/h2-8,10,14H,9,11-12H2,1H3,(H,20,25)/t14-/m0/s1. The SMILES string of the molecule is COc1ccc2c(c1)C[C@H](C(=O)NCc1nnnn1-c1ccccc1)CO2. The van der Waals surface area contributed by atoms with E-state index in [2.05, 4.69) is 20.8 Å². The number of fused-ring (bicyclic) bond motifs is 1. The van der Waals surface area contributed by atoms with Crippen LogP contribution in [-0.2, 0) is 17.8 Å². The van der Waals surface area contributed by atoms with Crippen LogP contribution >= 0.6 is 0 Å². The van der Waals surface area contributed by atoms with Gasteiger partial charge in [-0.15, -0.1) is 5.10 Å². The highest BCUT2D eigenvalue weighted by Gasteiger charge is 2.26. The maximum Gasteiger partial charge on any atom is 0.227 e. The van der Waals surface area contributed by atoms with Gasteiger partial charge in [0.05, 0.1) is 25.3 Å². The van der Waals surface area contributed by atoms with E-state index in [9.17, 15) is 4.79 Å². The Morgan fingerprint density at radius 1 is 1.30 bits per heavy atom. The molecule has 2 heterocycles. The predicted molar refractivity (Wildman–Crippen MR) is 96.7 cm³/mol. The molecule has 0 unspecified atom stereocenters. The molecule has 1 aliphatic rings. The molecule has 2 aromatic carbocycles. The van der Waals surface area contributed by atoms with E-state index in [1.54, 1.807) is 11.8 Å². The molecule has 8 nitrogen and oxygen atoms in total. The van der Waals surface area contributed by atoms with Crippen molar-refractivity contribution in [2.24, 2.45) is 5.92 Å². The van der Waals surface area contributed by atoms with Crippen LogP contribution < -0.4 is 14.8 Å². The van der Waals surface area contributed by atoms with E-state index in [1.807, 2.05) is 48.5 Å². The number of carbonyl (C=O) groups is 1. The molecule has 27 heavy (non-hydrogen) atoms. The maximum absolute atomic E-state index is 12.6. The number of hydrogen-bond donors (Lipinski definition) is 1. The molecule has 0 radical (unpaired) electrons.